The van der Waals surface area contributed by atoms with E-state index in [-0.39, 0.29) is 0 Å². The van der Waals surface area contributed by atoms with E-state index in [1.165, 1.54) is 4.88 Å². The highest BCUT2D eigenvalue weighted by Gasteiger charge is 2.05. The molecule has 0 spiro atoms. The van der Waals surface area contributed by atoms with E-state index in [1.807, 2.05) is 16.9 Å². The maximum Gasteiger partial charge on any atom is 0.190 e. The molecule has 0 saturated heterocycles. The van der Waals surface area contributed by atoms with Crippen molar-refractivity contribution in [2.45, 2.75) is 33.2 Å². The molecule has 2 heterocycles. The molecule has 2 rings (SSSR count). The second-order valence-electron chi connectivity index (χ2n) is 5.04. The van der Waals surface area contributed by atoms with Crippen LogP contribution in [0.4, 0.5) is 0 Å². The summed E-state index contributed by atoms with van der Waals surface area (Å²) < 4.78 is 1.94. The zero-order chi connectivity index (χ0) is 15.8. The lowest BCUT2D eigenvalue weighted by Gasteiger charge is -2.11. The van der Waals surface area contributed by atoms with E-state index in [1.54, 1.807) is 24.6 Å². The fourth-order valence-electron chi connectivity index (χ4n) is 2.20. The summed E-state index contributed by atoms with van der Waals surface area (Å²) in [5, 5.41) is 12.0. The molecule has 0 unspecified atom stereocenters. The van der Waals surface area contributed by atoms with Gasteiger partial charge in [-0.3, -0.25) is 9.67 Å². The number of rotatable bonds is 7. The van der Waals surface area contributed by atoms with Crippen molar-refractivity contribution in [2.75, 3.05) is 20.1 Å². The van der Waals surface area contributed by atoms with E-state index in [2.05, 4.69) is 39.6 Å². The summed E-state index contributed by atoms with van der Waals surface area (Å²) in [5.74, 6) is 0.847. The standard InChI is InChI=1S/C15H24N6S/c1-12-14(22-13(2)20-12)6-9-18-15(16-3)17-7-4-10-21-11-5-8-19-21/h5,8,11H,4,6-7,9-10H2,1-3H3,(H2,16,17,18). The summed E-state index contributed by atoms with van der Waals surface area (Å²) in [7, 11) is 1.80. The largest absolute Gasteiger partial charge is 0.356 e. The van der Waals surface area contributed by atoms with Gasteiger partial charge in [-0.15, -0.1) is 11.3 Å². The smallest absolute Gasteiger partial charge is 0.190 e. The van der Waals surface area contributed by atoms with Crippen LogP contribution in [0.2, 0.25) is 0 Å². The number of hydrogen-bond acceptors (Lipinski definition) is 4. The molecule has 0 radical (unpaired) electrons. The zero-order valence-electron chi connectivity index (χ0n) is 13.5. The normalized spacial score (nSPS) is 11.7. The van der Waals surface area contributed by atoms with Crippen LogP contribution in [-0.4, -0.2) is 40.9 Å². The van der Waals surface area contributed by atoms with Crippen LogP contribution in [0.25, 0.3) is 0 Å². The zero-order valence-corrected chi connectivity index (χ0v) is 14.3. The highest BCUT2D eigenvalue weighted by atomic mass is 32.1. The molecule has 0 aliphatic rings. The van der Waals surface area contributed by atoms with Crippen molar-refractivity contribution in [3.63, 3.8) is 0 Å². The van der Waals surface area contributed by atoms with Gasteiger partial charge in [-0.25, -0.2) is 4.98 Å². The molecule has 2 aromatic rings. The summed E-state index contributed by atoms with van der Waals surface area (Å²) in [4.78, 5) is 10.0. The number of thiazole rings is 1. The molecule has 2 N–H and O–H groups in total. The molecule has 0 atom stereocenters. The van der Waals surface area contributed by atoms with Crippen molar-refractivity contribution >= 4 is 17.3 Å². The van der Waals surface area contributed by atoms with Crippen molar-refractivity contribution in [2.24, 2.45) is 4.99 Å². The molecule has 2 aromatic heterocycles. The Morgan fingerprint density at radius 1 is 1.32 bits per heavy atom. The van der Waals surface area contributed by atoms with Crippen LogP contribution < -0.4 is 10.6 Å². The van der Waals surface area contributed by atoms with Gasteiger partial charge in [-0.1, -0.05) is 0 Å². The summed E-state index contributed by atoms with van der Waals surface area (Å²) >= 11 is 1.77. The summed E-state index contributed by atoms with van der Waals surface area (Å²) in [6.07, 6.45) is 5.77. The summed E-state index contributed by atoms with van der Waals surface area (Å²) in [6, 6.07) is 1.94. The third kappa shape index (κ3) is 5.14. The maximum atomic E-state index is 4.45. The topological polar surface area (TPSA) is 67.1 Å². The van der Waals surface area contributed by atoms with E-state index in [0.29, 0.717) is 0 Å². The monoisotopic (exact) mass is 320 g/mol. The summed E-state index contributed by atoms with van der Waals surface area (Å²) in [5.41, 5.74) is 1.14. The predicted octanol–water partition coefficient (Wildman–Crippen LogP) is 1.75. The fourth-order valence-corrected chi connectivity index (χ4v) is 3.14. The number of aliphatic imine (C=N–C) groups is 1. The molecule has 0 saturated carbocycles. The number of nitrogens with zero attached hydrogens (tertiary/aromatic N) is 4. The molecule has 120 valence electrons. The number of nitrogens with one attached hydrogen (secondary N) is 2. The van der Waals surface area contributed by atoms with E-state index < -0.39 is 0 Å². The van der Waals surface area contributed by atoms with Crippen LogP contribution in [0.15, 0.2) is 23.5 Å². The number of guanidine groups is 1. The molecule has 0 aliphatic heterocycles. The van der Waals surface area contributed by atoms with Crippen molar-refractivity contribution in [1.29, 1.82) is 0 Å². The SMILES string of the molecule is CN=C(NCCCn1cccn1)NCCc1sc(C)nc1C. The number of aromatic nitrogens is 3. The maximum absolute atomic E-state index is 4.45. The van der Waals surface area contributed by atoms with Crippen molar-refractivity contribution in [3.05, 3.63) is 34.0 Å². The Morgan fingerprint density at radius 2 is 2.14 bits per heavy atom. The van der Waals surface area contributed by atoms with Gasteiger partial charge in [0.2, 0.25) is 0 Å². The average Bonchev–Trinajstić information content (AvgIpc) is 3.11. The lowest BCUT2D eigenvalue weighted by molar-refractivity contribution is 0.570. The minimum atomic E-state index is 0.847. The molecule has 0 aliphatic carbocycles. The Bertz CT molecular complexity index is 587. The van der Waals surface area contributed by atoms with E-state index in [0.717, 1.165) is 49.1 Å². The van der Waals surface area contributed by atoms with Gasteiger partial charge in [0.15, 0.2) is 5.96 Å². The number of aryl methyl sites for hydroxylation is 3. The molecule has 7 heteroatoms. The average molecular weight is 320 g/mol. The molecule has 0 amide bonds. The third-order valence-corrected chi connectivity index (χ3v) is 4.42. The van der Waals surface area contributed by atoms with Gasteiger partial charge >= 0.3 is 0 Å². The minimum Gasteiger partial charge on any atom is -0.356 e. The highest BCUT2D eigenvalue weighted by Crippen LogP contribution is 2.16. The van der Waals surface area contributed by atoms with E-state index in [9.17, 15) is 0 Å². The van der Waals surface area contributed by atoms with Crippen LogP contribution in [-0.2, 0) is 13.0 Å². The van der Waals surface area contributed by atoms with Gasteiger partial charge in [0, 0.05) is 50.4 Å². The summed E-state index contributed by atoms with van der Waals surface area (Å²) in [6.45, 7) is 6.77. The highest BCUT2D eigenvalue weighted by molar-refractivity contribution is 7.11. The van der Waals surface area contributed by atoms with E-state index in [4.69, 9.17) is 0 Å². The van der Waals surface area contributed by atoms with Gasteiger partial charge in [-0.2, -0.15) is 5.10 Å². The Hall–Kier alpha value is -1.89. The Labute approximate surface area is 135 Å². The van der Waals surface area contributed by atoms with Gasteiger partial charge < -0.3 is 10.6 Å². The second kappa shape index (κ2) is 8.53. The third-order valence-electron chi connectivity index (χ3n) is 3.28. The quantitative estimate of drug-likeness (QED) is 0.463. The van der Waals surface area contributed by atoms with Gasteiger partial charge in [-0.05, 0) is 26.3 Å². The molecule has 0 aromatic carbocycles. The first-order valence-corrected chi connectivity index (χ1v) is 8.35. The van der Waals surface area contributed by atoms with Crippen LogP contribution >= 0.6 is 11.3 Å². The Morgan fingerprint density at radius 3 is 2.77 bits per heavy atom. The van der Waals surface area contributed by atoms with Crippen LogP contribution in [0.3, 0.4) is 0 Å². The Kier molecular flexibility index (Phi) is 6.39. The molecular formula is C15H24N6S. The lowest BCUT2D eigenvalue weighted by atomic mass is 10.3. The van der Waals surface area contributed by atoms with Crippen molar-refractivity contribution in [1.82, 2.24) is 25.4 Å². The van der Waals surface area contributed by atoms with Crippen molar-refractivity contribution in [3.8, 4) is 0 Å². The van der Waals surface area contributed by atoms with Crippen LogP contribution in [0.5, 0.6) is 0 Å². The first-order valence-electron chi connectivity index (χ1n) is 7.54. The lowest BCUT2D eigenvalue weighted by Crippen LogP contribution is -2.39. The first-order chi connectivity index (χ1) is 10.7. The number of hydrogen-bond donors (Lipinski definition) is 2. The van der Waals surface area contributed by atoms with Crippen LogP contribution in [0, 0.1) is 13.8 Å². The van der Waals surface area contributed by atoms with Gasteiger partial charge in [0.25, 0.3) is 0 Å². The molecule has 0 fully saturated rings. The van der Waals surface area contributed by atoms with E-state index >= 15 is 0 Å². The predicted molar refractivity (Wildman–Crippen MR) is 91.5 cm³/mol. The van der Waals surface area contributed by atoms with Gasteiger partial charge in [0.1, 0.15) is 0 Å². The van der Waals surface area contributed by atoms with Crippen LogP contribution in [0.1, 0.15) is 22.0 Å². The fraction of sp³-hybridized carbons (Fsp3) is 0.533. The first kappa shape index (κ1) is 16.5. The second-order valence-corrected chi connectivity index (χ2v) is 6.33. The van der Waals surface area contributed by atoms with Crippen molar-refractivity contribution < 1.29 is 0 Å². The minimum absolute atomic E-state index is 0.847. The molecule has 22 heavy (non-hydrogen) atoms. The van der Waals surface area contributed by atoms with Gasteiger partial charge in [0.05, 0.1) is 10.7 Å². The molecular weight excluding hydrogens is 296 g/mol. The Balaban J connectivity index is 1.63. The molecule has 0 bridgehead atoms. The molecule has 6 nitrogen and oxygen atoms in total.